The van der Waals surface area contributed by atoms with Gasteiger partial charge in [-0.1, -0.05) is 137 Å². The molecular formula is C44H35N3. The average molecular weight is 606 g/mol. The molecule has 0 atom stereocenters. The molecule has 0 unspecified atom stereocenters. The maximum Gasteiger partial charge on any atom is 0.162 e. The van der Waals surface area contributed by atoms with Crippen molar-refractivity contribution in [3.63, 3.8) is 0 Å². The zero-order chi connectivity index (χ0) is 31.9. The van der Waals surface area contributed by atoms with Crippen molar-refractivity contribution in [2.45, 2.75) is 38.5 Å². The molecule has 0 saturated carbocycles. The Morgan fingerprint density at radius 1 is 0.489 bits per heavy atom. The highest BCUT2D eigenvalue weighted by atomic mass is 15.2. The fourth-order valence-corrected chi connectivity index (χ4v) is 8.08. The van der Waals surface area contributed by atoms with Crippen LogP contribution in [0.1, 0.15) is 49.9 Å². The molecule has 47 heavy (non-hydrogen) atoms. The Labute approximate surface area is 276 Å². The van der Waals surface area contributed by atoms with Gasteiger partial charge in [-0.25, -0.2) is 9.97 Å². The minimum Gasteiger partial charge on any atom is -0.294 e. The summed E-state index contributed by atoms with van der Waals surface area (Å²) in [5, 5.41) is 1.01. The van der Waals surface area contributed by atoms with E-state index in [0.29, 0.717) is 5.82 Å². The number of hydrogen-bond acceptors (Lipinski definition) is 3. The molecule has 2 aliphatic rings. The Bertz CT molecular complexity index is 2370. The molecule has 0 amide bonds. The molecule has 0 N–H and O–H groups in total. The maximum atomic E-state index is 5.43. The second kappa shape index (κ2) is 9.98. The molecular weight excluding hydrogens is 571 g/mol. The van der Waals surface area contributed by atoms with Crippen LogP contribution in [0.3, 0.4) is 0 Å². The van der Waals surface area contributed by atoms with Gasteiger partial charge in [0, 0.05) is 33.0 Å². The van der Waals surface area contributed by atoms with E-state index in [0.717, 1.165) is 33.7 Å². The largest absolute Gasteiger partial charge is 0.294 e. The van der Waals surface area contributed by atoms with E-state index in [1.165, 1.54) is 44.5 Å². The van der Waals surface area contributed by atoms with E-state index in [4.69, 9.17) is 9.97 Å². The second-order valence-corrected chi connectivity index (χ2v) is 13.9. The van der Waals surface area contributed by atoms with Crippen molar-refractivity contribution in [3.8, 4) is 33.6 Å². The normalized spacial score (nSPS) is 14.7. The van der Waals surface area contributed by atoms with Gasteiger partial charge < -0.3 is 0 Å². The summed E-state index contributed by atoms with van der Waals surface area (Å²) >= 11 is 0. The van der Waals surface area contributed by atoms with Crippen molar-refractivity contribution in [1.29, 1.82) is 0 Å². The quantitative estimate of drug-likeness (QED) is 0.200. The van der Waals surface area contributed by atoms with Gasteiger partial charge in [0.2, 0.25) is 0 Å². The zero-order valence-electron chi connectivity index (χ0n) is 27.1. The number of rotatable bonds is 4. The van der Waals surface area contributed by atoms with Gasteiger partial charge in [-0.2, -0.15) is 0 Å². The third-order valence-corrected chi connectivity index (χ3v) is 10.5. The van der Waals surface area contributed by atoms with E-state index in [2.05, 4.69) is 166 Å². The Kier molecular flexibility index (Phi) is 5.89. The summed E-state index contributed by atoms with van der Waals surface area (Å²) in [4.78, 5) is 12.9. The molecule has 1 heterocycles. The summed E-state index contributed by atoms with van der Waals surface area (Å²) in [6.45, 7) is 9.37. The highest BCUT2D eigenvalue weighted by Crippen LogP contribution is 2.56. The van der Waals surface area contributed by atoms with Crippen molar-refractivity contribution >= 4 is 28.1 Å². The lowest BCUT2D eigenvalue weighted by atomic mass is 9.82. The monoisotopic (exact) mass is 605 g/mol. The van der Waals surface area contributed by atoms with Crippen molar-refractivity contribution in [1.82, 2.24) is 9.97 Å². The van der Waals surface area contributed by atoms with Crippen LogP contribution in [0.5, 0.6) is 0 Å². The predicted octanol–water partition coefficient (Wildman–Crippen LogP) is 11.4. The van der Waals surface area contributed by atoms with E-state index in [1.807, 2.05) is 6.07 Å². The van der Waals surface area contributed by atoms with E-state index in [1.54, 1.807) is 0 Å². The highest BCUT2D eigenvalue weighted by molar-refractivity contribution is 6.01. The van der Waals surface area contributed by atoms with Crippen molar-refractivity contribution in [2.75, 3.05) is 4.90 Å². The SMILES string of the molecule is CC1(C)c2ccccc2-c2ccc(N(c3cccc4c3-c3ccccc3C4(C)C)c3nc(-c4ccccc4)nc4ccccc34)cc21. The molecule has 6 aromatic carbocycles. The number of aromatic nitrogens is 2. The fraction of sp³-hybridized carbons (Fsp3) is 0.136. The first-order valence-electron chi connectivity index (χ1n) is 16.4. The van der Waals surface area contributed by atoms with Gasteiger partial charge in [0.1, 0.15) is 5.82 Å². The van der Waals surface area contributed by atoms with Crippen LogP contribution < -0.4 is 4.90 Å². The Morgan fingerprint density at radius 2 is 1.11 bits per heavy atom. The maximum absolute atomic E-state index is 5.43. The number of nitrogens with zero attached hydrogens (tertiary/aromatic N) is 3. The van der Waals surface area contributed by atoms with Gasteiger partial charge in [-0.05, 0) is 69.3 Å². The molecule has 7 aromatic rings. The fourth-order valence-electron chi connectivity index (χ4n) is 8.08. The average Bonchev–Trinajstić information content (AvgIpc) is 3.49. The van der Waals surface area contributed by atoms with E-state index in [9.17, 15) is 0 Å². The zero-order valence-corrected chi connectivity index (χ0v) is 27.1. The Hall–Kier alpha value is -5.54. The van der Waals surface area contributed by atoms with Crippen LogP contribution in [-0.4, -0.2) is 9.97 Å². The minimum atomic E-state index is -0.135. The van der Waals surface area contributed by atoms with Gasteiger partial charge in [0.25, 0.3) is 0 Å². The molecule has 0 saturated heterocycles. The molecule has 226 valence electrons. The van der Waals surface area contributed by atoms with E-state index < -0.39 is 0 Å². The Morgan fingerprint density at radius 3 is 1.91 bits per heavy atom. The molecule has 1 aromatic heterocycles. The lowest BCUT2D eigenvalue weighted by molar-refractivity contribution is 0.660. The molecule has 0 bridgehead atoms. The molecule has 0 radical (unpaired) electrons. The first-order valence-corrected chi connectivity index (χ1v) is 16.4. The van der Waals surface area contributed by atoms with Gasteiger partial charge >= 0.3 is 0 Å². The topological polar surface area (TPSA) is 29.0 Å². The third-order valence-electron chi connectivity index (χ3n) is 10.5. The number of fused-ring (bicyclic) bond motifs is 7. The number of benzene rings is 6. The first-order chi connectivity index (χ1) is 22.8. The summed E-state index contributed by atoms with van der Waals surface area (Å²) < 4.78 is 0. The second-order valence-electron chi connectivity index (χ2n) is 13.9. The van der Waals surface area contributed by atoms with E-state index in [-0.39, 0.29) is 10.8 Å². The number of para-hydroxylation sites is 1. The molecule has 3 nitrogen and oxygen atoms in total. The molecule has 9 rings (SSSR count). The van der Waals surface area contributed by atoms with Crippen LogP contribution in [-0.2, 0) is 10.8 Å². The lowest BCUT2D eigenvalue weighted by Crippen LogP contribution is -2.18. The summed E-state index contributed by atoms with van der Waals surface area (Å²) in [7, 11) is 0. The summed E-state index contributed by atoms with van der Waals surface area (Å²) in [6.07, 6.45) is 0. The molecule has 0 fully saturated rings. The van der Waals surface area contributed by atoms with Crippen LogP contribution >= 0.6 is 0 Å². The van der Waals surface area contributed by atoms with Crippen molar-refractivity contribution in [2.24, 2.45) is 0 Å². The van der Waals surface area contributed by atoms with Crippen LogP contribution in [0.25, 0.3) is 44.5 Å². The van der Waals surface area contributed by atoms with Crippen LogP contribution in [0.4, 0.5) is 17.2 Å². The van der Waals surface area contributed by atoms with Crippen LogP contribution in [0.15, 0.2) is 140 Å². The molecule has 3 heteroatoms. The smallest absolute Gasteiger partial charge is 0.162 e. The molecule has 0 spiro atoms. The van der Waals surface area contributed by atoms with Crippen LogP contribution in [0.2, 0.25) is 0 Å². The van der Waals surface area contributed by atoms with Gasteiger partial charge in [0.05, 0.1) is 11.2 Å². The van der Waals surface area contributed by atoms with Gasteiger partial charge in [0.15, 0.2) is 5.82 Å². The standard InChI is InChI=1S/C44H35N3/c1-43(2)35-21-12-9-18-32(35)40-36(43)22-14-24-39(40)47(29-25-26-31-30-17-8-11-20-34(30)44(3,4)37(31)27-29)42-33-19-10-13-23-38(33)45-41(46-42)28-15-6-5-7-16-28/h5-27H,1-4H3. The third kappa shape index (κ3) is 3.99. The predicted molar refractivity (Wildman–Crippen MR) is 195 cm³/mol. The van der Waals surface area contributed by atoms with E-state index >= 15 is 0 Å². The molecule has 0 aliphatic heterocycles. The molecule has 2 aliphatic carbocycles. The summed E-state index contributed by atoms with van der Waals surface area (Å²) in [6, 6.07) is 50.2. The minimum absolute atomic E-state index is 0.127. The Balaban J connectivity index is 1.37. The number of hydrogen-bond donors (Lipinski definition) is 0. The van der Waals surface area contributed by atoms with Crippen molar-refractivity contribution in [3.05, 3.63) is 162 Å². The summed E-state index contributed by atoms with van der Waals surface area (Å²) in [5.74, 6) is 1.59. The lowest BCUT2D eigenvalue weighted by Gasteiger charge is -2.30. The van der Waals surface area contributed by atoms with Gasteiger partial charge in [-0.15, -0.1) is 0 Å². The van der Waals surface area contributed by atoms with Gasteiger partial charge in [-0.3, -0.25) is 4.90 Å². The van der Waals surface area contributed by atoms with Crippen molar-refractivity contribution < 1.29 is 0 Å². The number of anilines is 3. The summed E-state index contributed by atoms with van der Waals surface area (Å²) in [5.41, 5.74) is 14.4. The first kappa shape index (κ1) is 27.7. The highest BCUT2D eigenvalue weighted by Gasteiger charge is 2.39. The van der Waals surface area contributed by atoms with Crippen LogP contribution in [0, 0.1) is 0 Å².